The van der Waals surface area contributed by atoms with E-state index in [-0.39, 0.29) is 18.1 Å². The maximum Gasteiger partial charge on any atom is 0.407 e. The summed E-state index contributed by atoms with van der Waals surface area (Å²) >= 11 is 0. The Morgan fingerprint density at radius 1 is 0.943 bits per heavy atom. The van der Waals surface area contributed by atoms with Crippen molar-refractivity contribution in [3.8, 4) is 11.1 Å². The lowest BCUT2D eigenvalue weighted by molar-refractivity contribution is -0.184. The van der Waals surface area contributed by atoms with Gasteiger partial charge in [0.2, 0.25) is 0 Å². The predicted molar refractivity (Wildman–Crippen MR) is 124 cm³/mol. The second-order valence-electron chi connectivity index (χ2n) is 10.0. The summed E-state index contributed by atoms with van der Waals surface area (Å²) in [7, 11) is 0. The van der Waals surface area contributed by atoms with Crippen LogP contribution < -0.4 is 5.32 Å². The molecule has 35 heavy (non-hydrogen) atoms. The number of halogens is 2. The zero-order valence-corrected chi connectivity index (χ0v) is 18.8. The molecule has 0 radical (unpaired) electrons. The number of carboxylic acid groups (broad SMARTS) is 1. The number of fused-ring (bicyclic) bond motifs is 3. The number of carboxylic acids is 1. The number of benzene rings is 3. The molecule has 1 unspecified atom stereocenters. The Morgan fingerprint density at radius 3 is 2.14 bits per heavy atom. The van der Waals surface area contributed by atoms with Gasteiger partial charge < -0.3 is 15.2 Å². The molecule has 4 aliphatic rings. The van der Waals surface area contributed by atoms with Crippen molar-refractivity contribution in [3.63, 3.8) is 0 Å². The van der Waals surface area contributed by atoms with Crippen molar-refractivity contribution in [1.29, 1.82) is 0 Å². The molecular weight excluding hydrogens is 452 g/mol. The molecule has 7 rings (SSSR count). The van der Waals surface area contributed by atoms with Crippen molar-refractivity contribution < 1.29 is 28.2 Å². The number of hydrogen-bond acceptors (Lipinski definition) is 3. The largest absolute Gasteiger partial charge is 0.480 e. The standard InChI is InChI=1S/C28H23F2NO4/c29-22-11-5-10-21(23(22)30)27-13-28(14-27,15-27)24(25(32)33)31-26(34)35-12-20-18-8-3-1-6-16(18)17-7-2-4-9-19(17)20/h1-11,20,24H,12-15H2,(H,31,34)(H,32,33). The van der Waals surface area contributed by atoms with Crippen molar-refractivity contribution in [2.75, 3.05) is 6.61 Å². The van der Waals surface area contributed by atoms with Crippen molar-refractivity contribution in [2.45, 2.75) is 36.6 Å². The lowest BCUT2D eigenvalue weighted by atomic mass is 9.31. The molecule has 0 spiro atoms. The van der Waals surface area contributed by atoms with Crippen LogP contribution in [0.5, 0.6) is 0 Å². The maximum absolute atomic E-state index is 14.3. The predicted octanol–water partition coefficient (Wildman–Crippen LogP) is 5.38. The first-order valence-corrected chi connectivity index (χ1v) is 11.6. The highest BCUT2D eigenvalue weighted by Gasteiger charge is 2.73. The van der Waals surface area contributed by atoms with Gasteiger partial charge in [-0.2, -0.15) is 0 Å². The van der Waals surface area contributed by atoms with Crippen molar-refractivity contribution in [3.05, 3.63) is 95.1 Å². The zero-order chi connectivity index (χ0) is 24.4. The highest BCUT2D eigenvalue weighted by molar-refractivity contribution is 5.82. The second kappa shape index (κ2) is 7.63. The number of ether oxygens (including phenoxy) is 1. The topological polar surface area (TPSA) is 75.6 Å². The van der Waals surface area contributed by atoms with Crippen LogP contribution in [0.4, 0.5) is 13.6 Å². The Labute approximate surface area is 200 Å². The van der Waals surface area contributed by atoms with E-state index in [0.29, 0.717) is 19.3 Å². The van der Waals surface area contributed by atoms with Crippen molar-refractivity contribution in [2.24, 2.45) is 5.41 Å². The van der Waals surface area contributed by atoms with E-state index in [4.69, 9.17) is 4.74 Å². The third kappa shape index (κ3) is 3.17. The van der Waals surface area contributed by atoms with Crippen LogP contribution in [0.1, 0.15) is 41.9 Å². The molecule has 3 aromatic rings. The summed E-state index contributed by atoms with van der Waals surface area (Å²) in [6, 6.07) is 18.8. The Kier molecular flexibility index (Phi) is 4.75. The molecule has 178 valence electrons. The first-order chi connectivity index (χ1) is 16.8. The number of alkyl carbamates (subject to hydrolysis) is 1. The van der Waals surface area contributed by atoms with Crippen LogP contribution in [0.3, 0.4) is 0 Å². The third-order valence-corrected chi connectivity index (χ3v) is 8.06. The molecule has 1 amide bonds. The summed E-state index contributed by atoms with van der Waals surface area (Å²) < 4.78 is 33.5. The zero-order valence-electron chi connectivity index (χ0n) is 18.8. The number of carbonyl (C=O) groups excluding carboxylic acids is 1. The molecule has 5 nitrogen and oxygen atoms in total. The Morgan fingerprint density at radius 2 is 1.54 bits per heavy atom. The monoisotopic (exact) mass is 475 g/mol. The highest BCUT2D eigenvalue weighted by Crippen LogP contribution is 2.75. The van der Waals surface area contributed by atoms with Gasteiger partial charge in [0.25, 0.3) is 0 Å². The number of amides is 1. The quantitative estimate of drug-likeness (QED) is 0.502. The van der Waals surface area contributed by atoms with Crippen LogP contribution in [0, 0.1) is 17.0 Å². The average Bonchev–Trinajstić information content (AvgIpc) is 3.11. The van der Waals surface area contributed by atoms with E-state index in [9.17, 15) is 23.5 Å². The fourth-order valence-corrected chi connectivity index (χ4v) is 6.61. The SMILES string of the molecule is O=C(NC(C(=O)O)C12CC(c3cccc(F)c3F)(C1)C2)OCC1c2ccccc2-c2ccccc21. The van der Waals surface area contributed by atoms with Gasteiger partial charge in [0, 0.05) is 16.7 Å². The molecule has 0 heterocycles. The first-order valence-electron chi connectivity index (χ1n) is 11.6. The number of rotatable bonds is 6. The summed E-state index contributed by atoms with van der Waals surface area (Å²) in [4.78, 5) is 24.7. The first kappa shape index (κ1) is 21.8. The molecule has 7 heteroatoms. The summed E-state index contributed by atoms with van der Waals surface area (Å²) in [5, 5.41) is 12.4. The minimum atomic E-state index is -1.16. The van der Waals surface area contributed by atoms with Gasteiger partial charge in [0.1, 0.15) is 12.6 Å². The van der Waals surface area contributed by atoms with Crippen LogP contribution in [0.25, 0.3) is 11.1 Å². The lowest BCUT2D eigenvalue weighted by Crippen LogP contribution is -2.73. The van der Waals surface area contributed by atoms with Gasteiger partial charge in [0.05, 0.1) is 0 Å². The second-order valence-corrected chi connectivity index (χ2v) is 10.0. The molecule has 2 bridgehead atoms. The van der Waals surface area contributed by atoms with Crippen LogP contribution in [0.15, 0.2) is 66.7 Å². The minimum absolute atomic E-state index is 0.0810. The summed E-state index contributed by atoms with van der Waals surface area (Å²) in [6.45, 7) is 0.0810. The van der Waals surface area contributed by atoms with Gasteiger partial charge in [-0.3, -0.25) is 0 Å². The van der Waals surface area contributed by atoms with Crippen molar-refractivity contribution >= 4 is 12.1 Å². The summed E-state index contributed by atoms with van der Waals surface area (Å²) in [5.41, 5.74) is 3.36. The van der Waals surface area contributed by atoms with Crippen LogP contribution in [0.2, 0.25) is 0 Å². The van der Waals surface area contributed by atoms with Gasteiger partial charge >= 0.3 is 12.1 Å². The highest BCUT2D eigenvalue weighted by atomic mass is 19.2. The van der Waals surface area contributed by atoms with E-state index in [0.717, 1.165) is 28.3 Å². The Balaban J connectivity index is 1.14. The summed E-state index contributed by atoms with van der Waals surface area (Å²) in [5.74, 6) is -3.08. The van der Waals surface area contributed by atoms with Gasteiger partial charge in [-0.25, -0.2) is 18.4 Å². The minimum Gasteiger partial charge on any atom is -0.480 e. The Hall–Kier alpha value is -3.74. The van der Waals surface area contributed by atoms with Crippen LogP contribution >= 0.6 is 0 Å². The smallest absolute Gasteiger partial charge is 0.407 e. The van der Waals surface area contributed by atoms with Crippen LogP contribution in [-0.4, -0.2) is 29.8 Å². The normalized spacial score (nSPS) is 24.4. The molecule has 3 saturated carbocycles. The number of aliphatic carboxylic acids is 1. The van der Waals surface area contributed by atoms with E-state index >= 15 is 0 Å². The van der Waals surface area contributed by atoms with Gasteiger partial charge in [0.15, 0.2) is 11.6 Å². The maximum atomic E-state index is 14.3. The summed E-state index contributed by atoms with van der Waals surface area (Å²) in [6.07, 6.45) is 0.332. The number of carbonyl (C=O) groups is 2. The average molecular weight is 475 g/mol. The molecule has 4 aliphatic carbocycles. The van der Waals surface area contributed by atoms with E-state index in [1.54, 1.807) is 6.07 Å². The molecule has 0 aromatic heterocycles. The van der Waals surface area contributed by atoms with Gasteiger partial charge in [-0.05, 0) is 53.1 Å². The van der Waals surface area contributed by atoms with Crippen LogP contribution in [-0.2, 0) is 14.9 Å². The molecule has 3 aromatic carbocycles. The fourth-order valence-electron chi connectivity index (χ4n) is 6.61. The van der Waals surface area contributed by atoms with E-state index in [2.05, 4.69) is 5.32 Å². The van der Waals surface area contributed by atoms with E-state index < -0.39 is 40.6 Å². The van der Waals surface area contributed by atoms with E-state index in [1.807, 2.05) is 48.5 Å². The molecule has 0 aliphatic heterocycles. The van der Waals surface area contributed by atoms with E-state index in [1.165, 1.54) is 6.07 Å². The van der Waals surface area contributed by atoms with Crippen molar-refractivity contribution in [1.82, 2.24) is 5.32 Å². The molecule has 3 fully saturated rings. The van der Waals surface area contributed by atoms with Gasteiger partial charge in [-0.1, -0.05) is 60.7 Å². The molecule has 0 saturated heterocycles. The number of hydrogen-bond donors (Lipinski definition) is 2. The molecular formula is C28H23F2NO4. The molecule has 2 N–H and O–H groups in total. The van der Waals surface area contributed by atoms with Gasteiger partial charge in [-0.15, -0.1) is 0 Å². The lowest BCUT2D eigenvalue weighted by Gasteiger charge is -2.72. The molecule has 1 atom stereocenters. The Bertz CT molecular complexity index is 1310. The number of nitrogens with one attached hydrogen (secondary N) is 1. The fraction of sp³-hybridized carbons (Fsp3) is 0.286. The third-order valence-electron chi connectivity index (χ3n) is 8.06.